The third-order valence-electron chi connectivity index (χ3n) is 4.76. The van der Waals surface area contributed by atoms with Gasteiger partial charge in [0.05, 0.1) is 5.56 Å². The second-order valence-electron chi connectivity index (χ2n) is 8.43. The first kappa shape index (κ1) is 25.7. The van der Waals surface area contributed by atoms with E-state index in [-0.39, 0.29) is 23.3 Å². The summed E-state index contributed by atoms with van der Waals surface area (Å²) >= 11 is 0. The predicted molar refractivity (Wildman–Crippen MR) is 122 cm³/mol. The Morgan fingerprint density at radius 1 is 0.939 bits per heavy atom. The van der Waals surface area contributed by atoms with Gasteiger partial charge in [0.25, 0.3) is 5.91 Å². The highest BCUT2D eigenvalue weighted by molar-refractivity contribution is 6.00. The van der Waals surface area contributed by atoms with Crippen LogP contribution in [0.5, 0.6) is 0 Å². The van der Waals surface area contributed by atoms with Gasteiger partial charge in [0, 0.05) is 17.7 Å². The number of amides is 2. The second-order valence-corrected chi connectivity index (χ2v) is 8.43. The standard InChI is InChI=1S/C25H29FN2O5/c1-15(2)13-22(30)27-18-11-9-17(10-12-18)21(29)14-33-25(32)23(16(3)4)28-24(31)19-7-5-6-8-20(19)26/h5-12,15-16,23H,13-14H2,1-4H3,(H,27,30)(H,28,31). The third kappa shape index (κ3) is 7.82. The van der Waals surface area contributed by atoms with Crippen molar-refractivity contribution in [2.24, 2.45) is 11.8 Å². The lowest BCUT2D eigenvalue weighted by molar-refractivity contribution is -0.146. The van der Waals surface area contributed by atoms with Crippen LogP contribution in [-0.2, 0) is 14.3 Å². The van der Waals surface area contributed by atoms with Crippen LogP contribution >= 0.6 is 0 Å². The van der Waals surface area contributed by atoms with Gasteiger partial charge in [-0.25, -0.2) is 9.18 Å². The first-order valence-corrected chi connectivity index (χ1v) is 10.7. The molecule has 8 heteroatoms. The Labute approximate surface area is 192 Å². The van der Waals surface area contributed by atoms with Crippen molar-refractivity contribution in [3.8, 4) is 0 Å². The highest BCUT2D eigenvalue weighted by Gasteiger charge is 2.27. The average molecular weight is 457 g/mol. The number of hydrogen-bond acceptors (Lipinski definition) is 5. The lowest BCUT2D eigenvalue weighted by Crippen LogP contribution is -2.46. The van der Waals surface area contributed by atoms with E-state index in [1.54, 1.807) is 26.0 Å². The average Bonchev–Trinajstić information content (AvgIpc) is 2.75. The van der Waals surface area contributed by atoms with Gasteiger partial charge in [0.1, 0.15) is 11.9 Å². The number of anilines is 1. The summed E-state index contributed by atoms with van der Waals surface area (Å²) in [5.74, 6) is -2.92. The zero-order valence-corrected chi connectivity index (χ0v) is 19.2. The number of ether oxygens (including phenoxy) is 1. The van der Waals surface area contributed by atoms with Crippen LogP contribution in [0.4, 0.5) is 10.1 Å². The molecule has 7 nitrogen and oxygen atoms in total. The quantitative estimate of drug-likeness (QED) is 0.416. The number of carbonyl (C=O) groups is 4. The van der Waals surface area contributed by atoms with Gasteiger partial charge < -0.3 is 15.4 Å². The van der Waals surface area contributed by atoms with Crippen molar-refractivity contribution in [3.63, 3.8) is 0 Å². The van der Waals surface area contributed by atoms with E-state index in [1.807, 2.05) is 13.8 Å². The molecule has 0 aliphatic heterocycles. The number of benzene rings is 2. The molecule has 0 aliphatic rings. The van der Waals surface area contributed by atoms with Crippen LogP contribution in [0, 0.1) is 17.7 Å². The van der Waals surface area contributed by atoms with Crippen molar-refractivity contribution in [3.05, 3.63) is 65.5 Å². The number of Topliss-reactive ketones (excluding diaryl/α,β-unsaturated/α-hetero) is 1. The molecule has 0 aliphatic carbocycles. The number of esters is 1. The Morgan fingerprint density at radius 3 is 2.15 bits per heavy atom. The van der Waals surface area contributed by atoms with Gasteiger partial charge in [-0.3, -0.25) is 14.4 Å². The molecule has 0 saturated heterocycles. The molecule has 1 atom stereocenters. The van der Waals surface area contributed by atoms with Crippen LogP contribution < -0.4 is 10.6 Å². The fraction of sp³-hybridized carbons (Fsp3) is 0.360. The minimum absolute atomic E-state index is 0.116. The van der Waals surface area contributed by atoms with Gasteiger partial charge in [-0.1, -0.05) is 39.8 Å². The Hall–Kier alpha value is -3.55. The molecule has 0 heterocycles. The van der Waals surface area contributed by atoms with Gasteiger partial charge in [-0.05, 0) is 48.2 Å². The van der Waals surface area contributed by atoms with Crippen LogP contribution in [0.25, 0.3) is 0 Å². The minimum Gasteiger partial charge on any atom is -0.456 e. The van der Waals surface area contributed by atoms with Crippen molar-refractivity contribution in [2.75, 3.05) is 11.9 Å². The van der Waals surface area contributed by atoms with E-state index in [4.69, 9.17) is 4.74 Å². The SMILES string of the molecule is CC(C)CC(=O)Nc1ccc(C(=O)COC(=O)C(NC(=O)c2ccccc2F)C(C)C)cc1. The third-order valence-corrected chi connectivity index (χ3v) is 4.76. The molecule has 33 heavy (non-hydrogen) atoms. The second kappa shape index (κ2) is 11.9. The van der Waals surface area contributed by atoms with Crippen molar-refractivity contribution in [2.45, 2.75) is 40.2 Å². The topological polar surface area (TPSA) is 102 Å². The van der Waals surface area contributed by atoms with Crippen LogP contribution in [0.3, 0.4) is 0 Å². The normalized spacial score (nSPS) is 11.7. The molecule has 176 valence electrons. The summed E-state index contributed by atoms with van der Waals surface area (Å²) in [6.07, 6.45) is 0.390. The Balaban J connectivity index is 1.94. The number of rotatable bonds is 10. The number of nitrogens with one attached hydrogen (secondary N) is 2. The Morgan fingerprint density at radius 2 is 1.58 bits per heavy atom. The van der Waals surface area contributed by atoms with Crippen molar-refractivity contribution in [1.29, 1.82) is 0 Å². The van der Waals surface area contributed by atoms with Crippen LogP contribution in [-0.4, -0.2) is 36.2 Å². The van der Waals surface area contributed by atoms with E-state index in [1.165, 1.54) is 30.3 Å². The maximum atomic E-state index is 13.8. The first-order chi connectivity index (χ1) is 15.6. The van der Waals surface area contributed by atoms with Crippen molar-refractivity contribution in [1.82, 2.24) is 5.32 Å². The fourth-order valence-electron chi connectivity index (χ4n) is 2.99. The molecule has 2 aromatic carbocycles. The number of halogens is 1. The molecule has 0 spiro atoms. The van der Waals surface area contributed by atoms with Crippen LogP contribution in [0.15, 0.2) is 48.5 Å². The predicted octanol–water partition coefficient (Wildman–Crippen LogP) is 3.99. The van der Waals surface area contributed by atoms with Gasteiger partial charge in [-0.15, -0.1) is 0 Å². The summed E-state index contributed by atoms with van der Waals surface area (Å²) in [4.78, 5) is 49.1. The molecule has 0 aromatic heterocycles. The molecule has 2 rings (SSSR count). The molecule has 1 unspecified atom stereocenters. The zero-order valence-electron chi connectivity index (χ0n) is 19.2. The summed E-state index contributed by atoms with van der Waals surface area (Å²) in [6, 6.07) is 10.6. The van der Waals surface area contributed by atoms with E-state index < -0.39 is 36.1 Å². The lowest BCUT2D eigenvalue weighted by atomic mass is 10.0. The highest BCUT2D eigenvalue weighted by Crippen LogP contribution is 2.13. The van der Waals surface area contributed by atoms with E-state index in [2.05, 4.69) is 10.6 Å². The molecular formula is C25H29FN2O5. The maximum absolute atomic E-state index is 13.8. The number of hydrogen-bond donors (Lipinski definition) is 2. The van der Waals surface area contributed by atoms with E-state index in [0.717, 1.165) is 6.07 Å². The van der Waals surface area contributed by atoms with Gasteiger partial charge in [0.2, 0.25) is 5.91 Å². The zero-order chi connectivity index (χ0) is 24.5. The van der Waals surface area contributed by atoms with Gasteiger partial charge >= 0.3 is 5.97 Å². The fourth-order valence-corrected chi connectivity index (χ4v) is 2.99. The lowest BCUT2D eigenvalue weighted by Gasteiger charge is -2.21. The molecule has 0 saturated carbocycles. The van der Waals surface area contributed by atoms with Gasteiger partial charge in [0.15, 0.2) is 12.4 Å². The molecule has 2 N–H and O–H groups in total. The summed E-state index contributed by atoms with van der Waals surface area (Å²) in [7, 11) is 0. The summed E-state index contributed by atoms with van der Waals surface area (Å²) < 4.78 is 19.0. The Kier molecular flexibility index (Phi) is 9.27. The van der Waals surface area contributed by atoms with Crippen molar-refractivity contribution < 1.29 is 28.3 Å². The highest BCUT2D eigenvalue weighted by atomic mass is 19.1. The van der Waals surface area contributed by atoms with Crippen LogP contribution in [0.1, 0.15) is 54.8 Å². The minimum atomic E-state index is -1.05. The van der Waals surface area contributed by atoms with E-state index in [0.29, 0.717) is 17.7 Å². The number of carbonyl (C=O) groups excluding carboxylic acids is 4. The van der Waals surface area contributed by atoms with Crippen molar-refractivity contribution >= 4 is 29.3 Å². The molecule has 2 aromatic rings. The van der Waals surface area contributed by atoms with E-state index >= 15 is 0 Å². The van der Waals surface area contributed by atoms with Gasteiger partial charge in [-0.2, -0.15) is 0 Å². The molecule has 0 fully saturated rings. The molecule has 0 radical (unpaired) electrons. The number of ketones is 1. The molecular weight excluding hydrogens is 427 g/mol. The maximum Gasteiger partial charge on any atom is 0.329 e. The largest absolute Gasteiger partial charge is 0.456 e. The van der Waals surface area contributed by atoms with Crippen LogP contribution in [0.2, 0.25) is 0 Å². The Bertz CT molecular complexity index is 1000. The summed E-state index contributed by atoms with van der Waals surface area (Å²) in [5.41, 5.74) is 0.679. The smallest absolute Gasteiger partial charge is 0.329 e. The monoisotopic (exact) mass is 456 g/mol. The summed E-state index contributed by atoms with van der Waals surface area (Å²) in [5, 5.41) is 5.22. The molecule has 0 bridgehead atoms. The molecule has 2 amide bonds. The van der Waals surface area contributed by atoms with E-state index in [9.17, 15) is 23.6 Å². The summed E-state index contributed by atoms with van der Waals surface area (Å²) in [6.45, 7) is 6.76. The first-order valence-electron chi connectivity index (χ1n) is 10.7.